The average molecular weight is 250 g/mol. The molecule has 1 aliphatic rings. The van der Waals surface area contributed by atoms with Crippen LogP contribution >= 0.6 is 0 Å². The lowest BCUT2D eigenvalue weighted by atomic mass is 9.99. The summed E-state index contributed by atoms with van der Waals surface area (Å²) in [7, 11) is 0. The molecule has 0 aliphatic carbocycles. The van der Waals surface area contributed by atoms with Crippen molar-refractivity contribution in [1.82, 2.24) is 14.5 Å². The van der Waals surface area contributed by atoms with Gasteiger partial charge in [0.15, 0.2) is 0 Å². The summed E-state index contributed by atoms with van der Waals surface area (Å²) in [4.78, 5) is 6.89. The van der Waals surface area contributed by atoms with Gasteiger partial charge in [0.1, 0.15) is 0 Å². The minimum absolute atomic E-state index is 0.675. The van der Waals surface area contributed by atoms with Crippen LogP contribution in [0.3, 0.4) is 0 Å². The molecule has 0 aromatic carbocycles. The second-order valence-electron chi connectivity index (χ2n) is 5.28. The number of imidazole rings is 1. The second-order valence-corrected chi connectivity index (χ2v) is 5.28. The molecule has 1 aromatic rings. The number of likely N-dealkylation sites (tertiary alicyclic amines) is 1. The molecule has 1 saturated heterocycles. The van der Waals surface area contributed by atoms with E-state index in [1.54, 1.807) is 0 Å². The van der Waals surface area contributed by atoms with E-state index in [1.807, 2.05) is 12.5 Å². The molecule has 2 N–H and O–H groups in total. The van der Waals surface area contributed by atoms with Crippen molar-refractivity contribution in [3.05, 3.63) is 18.2 Å². The first-order valence-electron chi connectivity index (χ1n) is 7.28. The maximum atomic E-state index is 5.73. The van der Waals surface area contributed by atoms with Gasteiger partial charge >= 0.3 is 0 Å². The summed E-state index contributed by atoms with van der Waals surface area (Å²) >= 11 is 0. The molecule has 2 rings (SSSR count). The van der Waals surface area contributed by atoms with Gasteiger partial charge in [-0.25, -0.2) is 4.98 Å². The minimum atomic E-state index is 0.675. The molecule has 0 bridgehead atoms. The van der Waals surface area contributed by atoms with Gasteiger partial charge in [0.2, 0.25) is 0 Å². The molecular weight excluding hydrogens is 224 g/mol. The Hall–Kier alpha value is -0.870. The molecule has 1 aliphatic heterocycles. The molecule has 0 radical (unpaired) electrons. The van der Waals surface area contributed by atoms with Crippen LogP contribution in [0.2, 0.25) is 0 Å². The van der Waals surface area contributed by atoms with Crippen LogP contribution in [0.25, 0.3) is 0 Å². The van der Waals surface area contributed by atoms with Crippen molar-refractivity contribution in [1.29, 1.82) is 0 Å². The van der Waals surface area contributed by atoms with Gasteiger partial charge in [0.05, 0.1) is 12.0 Å². The molecule has 1 atom stereocenters. The van der Waals surface area contributed by atoms with Crippen LogP contribution in [-0.2, 0) is 13.1 Å². The van der Waals surface area contributed by atoms with Crippen molar-refractivity contribution in [2.75, 3.05) is 13.1 Å². The molecule has 1 aromatic heterocycles. The third kappa shape index (κ3) is 3.33. The zero-order valence-electron chi connectivity index (χ0n) is 11.5. The molecule has 102 valence electrons. The highest BCUT2D eigenvalue weighted by Crippen LogP contribution is 2.21. The summed E-state index contributed by atoms with van der Waals surface area (Å²) in [5, 5.41) is 0. The first-order valence-corrected chi connectivity index (χ1v) is 7.28. The standard InChI is InChI=1S/C14H26N4/c1-2-8-18-12-16-10-14(18)11-17-9-4-3-5-13(17)6-7-15/h10,12-13H,2-9,11,15H2,1H3. The van der Waals surface area contributed by atoms with Crippen LogP contribution in [0.5, 0.6) is 0 Å². The lowest BCUT2D eigenvalue weighted by Crippen LogP contribution is -2.40. The smallest absolute Gasteiger partial charge is 0.0948 e. The summed E-state index contributed by atoms with van der Waals surface area (Å²) in [6.07, 6.45) is 10.2. The summed E-state index contributed by atoms with van der Waals surface area (Å²) in [5.41, 5.74) is 7.08. The highest BCUT2D eigenvalue weighted by atomic mass is 15.2. The van der Waals surface area contributed by atoms with E-state index in [1.165, 1.54) is 31.5 Å². The highest BCUT2D eigenvalue weighted by Gasteiger charge is 2.22. The van der Waals surface area contributed by atoms with E-state index in [0.717, 1.165) is 32.5 Å². The number of piperidine rings is 1. The number of hydrogen-bond acceptors (Lipinski definition) is 3. The molecule has 1 unspecified atom stereocenters. The largest absolute Gasteiger partial charge is 0.333 e. The lowest BCUT2D eigenvalue weighted by Gasteiger charge is -2.35. The van der Waals surface area contributed by atoms with Crippen molar-refractivity contribution >= 4 is 0 Å². The van der Waals surface area contributed by atoms with E-state index in [9.17, 15) is 0 Å². The monoisotopic (exact) mass is 250 g/mol. The Balaban J connectivity index is 1.99. The summed E-state index contributed by atoms with van der Waals surface area (Å²) in [6, 6.07) is 0.675. The zero-order chi connectivity index (χ0) is 12.8. The Labute approximate surface area is 110 Å². The van der Waals surface area contributed by atoms with Gasteiger partial charge in [-0.2, -0.15) is 0 Å². The molecular formula is C14H26N4. The first kappa shape index (κ1) is 13.6. The first-order chi connectivity index (χ1) is 8.85. The van der Waals surface area contributed by atoms with Crippen LogP contribution < -0.4 is 5.73 Å². The quantitative estimate of drug-likeness (QED) is 0.840. The molecule has 0 spiro atoms. The summed E-state index contributed by atoms with van der Waals surface area (Å²) < 4.78 is 2.29. The van der Waals surface area contributed by atoms with Crippen LogP contribution in [0.15, 0.2) is 12.5 Å². The Morgan fingerprint density at radius 2 is 2.33 bits per heavy atom. The van der Waals surface area contributed by atoms with Gasteiger partial charge in [-0.15, -0.1) is 0 Å². The van der Waals surface area contributed by atoms with Gasteiger partial charge in [-0.05, 0) is 38.8 Å². The molecule has 18 heavy (non-hydrogen) atoms. The fourth-order valence-corrected chi connectivity index (χ4v) is 2.92. The van der Waals surface area contributed by atoms with Crippen molar-refractivity contribution in [3.8, 4) is 0 Å². The van der Waals surface area contributed by atoms with E-state index in [-0.39, 0.29) is 0 Å². The van der Waals surface area contributed by atoms with Crippen LogP contribution in [0.4, 0.5) is 0 Å². The van der Waals surface area contributed by atoms with Gasteiger partial charge in [-0.1, -0.05) is 13.3 Å². The third-order valence-corrected chi connectivity index (χ3v) is 3.88. The Morgan fingerprint density at radius 1 is 1.44 bits per heavy atom. The number of aromatic nitrogens is 2. The van der Waals surface area contributed by atoms with E-state index >= 15 is 0 Å². The maximum Gasteiger partial charge on any atom is 0.0948 e. The van der Waals surface area contributed by atoms with Crippen molar-refractivity contribution in [3.63, 3.8) is 0 Å². The number of aryl methyl sites for hydroxylation is 1. The fourth-order valence-electron chi connectivity index (χ4n) is 2.92. The maximum absolute atomic E-state index is 5.73. The highest BCUT2D eigenvalue weighted by molar-refractivity contribution is 4.99. The van der Waals surface area contributed by atoms with Crippen molar-refractivity contribution in [2.24, 2.45) is 5.73 Å². The SMILES string of the molecule is CCCn1cncc1CN1CCCCC1CCN. The molecule has 4 heteroatoms. The van der Waals surface area contributed by atoms with Gasteiger partial charge in [0.25, 0.3) is 0 Å². The fraction of sp³-hybridized carbons (Fsp3) is 0.786. The zero-order valence-corrected chi connectivity index (χ0v) is 11.5. The van der Waals surface area contributed by atoms with Crippen molar-refractivity contribution in [2.45, 2.75) is 58.2 Å². The van der Waals surface area contributed by atoms with Crippen LogP contribution in [0, 0.1) is 0 Å². The molecule has 2 heterocycles. The minimum Gasteiger partial charge on any atom is -0.333 e. The molecule has 1 fully saturated rings. The summed E-state index contributed by atoms with van der Waals surface area (Å²) in [5.74, 6) is 0. The van der Waals surface area contributed by atoms with Gasteiger partial charge in [-0.3, -0.25) is 4.90 Å². The van der Waals surface area contributed by atoms with E-state index < -0.39 is 0 Å². The number of nitrogens with two attached hydrogens (primary N) is 1. The summed E-state index contributed by atoms with van der Waals surface area (Å²) in [6.45, 7) is 6.33. The van der Waals surface area contributed by atoms with Crippen LogP contribution in [0.1, 0.15) is 44.7 Å². The Kier molecular flexibility index (Phi) is 5.20. The number of rotatable bonds is 6. The van der Waals surface area contributed by atoms with E-state index in [2.05, 4.69) is 21.4 Å². The Morgan fingerprint density at radius 3 is 3.11 bits per heavy atom. The topological polar surface area (TPSA) is 47.1 Å². The van der Waals surface area contributed by atoms with Gasteiger partial charge < -0.3 is 10.3 Å². The predicted molar refractivity (Wildman–Crippen MR) is 74.2 cm³/mol. The van der Waals surface area contributed by atoms with Gasteiger partial charge in [0, 0.05) is 25.3 Å². The molecule has 4 nitrogen and oxygen atoms in total. The third-order valence-electron chi connectivity index (χ3n) is 3.88. The number of hydrogen-bond donors (Lipinski definition) is 1. The van der Waals surface area contributed by atoms with Crippen LogP contribution in [-0.4, -0.2) is 33.6 Å². The Bertz CT molecular complexity index is 345. The normalized spacial score (nSPS) is 21.3. The predicted octanol–water partition coefficient (Wildman–Crippen LogP) is 2.00. The molecule has 0 amide bonds. The van der Waals surface area contributed by atoms with E-state index in [0.29, 0.717) is 6.04 Å². The lowest BCUT2D eigenvalue weighted by molar-refractivity contribution is 0.131. The second kappa shape index (κ2) is 6.90. The number of nitrogens with zero attached hydrogens (tertiary/aromatic N) is 3. The average Bonchev–Trinajstić information content (AvgIpc) is 2.80. The van der Waals surface area contributed by atoms with Crippen molar-refractivity contribution < 1.29 is 0 Å². The van der Waals surface area contributed by atoms with E-state index in [4.69, 9.17) is 5.73 Å². The molecule has 0 saturated carbocycles.